The van der Waals surface area contributed by atoms with E-state index in [0.717, 1.165) is 0 Å². The number of hydrogen-bond donors (Lipinski definition) is 1. The Morgan fingerprint density at radius 1 is 1.44 bits per heavy atom. The van der Waals surface area contributed by atoms with Crippen molar-refractivity contribution in [2.45, 2.75) is 26.4 Å². The Kier molecular flexibility index (Phi) is 3.19. The highest BCUT2D eigenvalue weighted by Gasteiger charge is 2.19. The molecule has 0 unspecified atom stereocenters. The van der Waals surface area contributed by atoms with E-state index in [1.165, 1.54) is 12.1 Å². The Morgan fingerprint density at radius 2 is 2.06 bits per heavy atom. The van der Waals surface area contributed by atoms with Gasteiger partial charge < -0.3 is 10.5 Å². The molecule has 1 aromatic rings. The number of esters is 1. The van der Waals surface area contributed by atoms with Crippen molar-refractivity contribution in [1.29, 1.82) is 0 Å². The van der Waals surface area contributed by atoms with Gasteiger partial charge in [-0.1, -0.05) is 6.07 Å². The van der Waals surface area contributed by atoms with Crippen LogP contribution in [0, 0.1) is 6.57 Å². The number of rotatable bonds is 1. The van der Waals surface area contributed by atoms with Crippen LogP contribution in [-0.4, -0.2) is 11.6 Å². The monoisotopic (exact) mass is 218 g/mol. The van der Waals surface area contributed by atoms with Crippen molar-refractivity contribution in [3.05, 3.63) is 35.2 Å². The van der Waals surface area contributed by atoms with E-state index in [1.807, 2.05) is 0 Å². The lowest BCUT2D eigenvalue weighted by atomic mass is 10.1. The Bertz CT molecular complexity index is 453. The number of nitrogens with zero attached hydrogens (tertiary/aromatic N) is 1. The van der Waals surface area contributed by atoms with Gasteiger partial charge in [0.2, 0.25) is 0 Å². The van der Waals surface area contributed by atoms with Crippen molar-refractivity contribution in [2.24, 2.45) is 0 Å². The quantitative estimate of drug-likeness (QED) is 0.448. The van der Waals surface area contributed by atoms with Gasteiger partial charge in [0.25, 0.3) is 0 Å². The summed E-state index contributed by atoms with van der Waals surface area (Å²) in [5.74, 6) is -0.504. The van der Waals surface area contributed by atoms with Crippen LogP contribution in [0.25, 0.3) is 4.85 Å². The molecule has 2 N–H and O–H groups in total. The summed E-state index contributed by atoms with van der Waals surface area (Å²) in [6.07, 6.45) is 0. The van der Waals surface area contributed by atoms with Gasteiger partial charge in [-0.3, -0.25) is 0 Å². The van der Waals surface area contributed by atoms with Crippen LogP contribution in [0.3, 0.4) is 0 Å². The number of benzene rings is 1. The molecule has 0 atom stereocenters. The van der Waals surface area contributed by atoms with Crippen LogP contribution in [0.4, 0.5) is 11.4 Å². The van der Waals surface area contributed by atoms with Crippen LogP contribution in [0.15, 0.2) is 18.2 Å². The molecule has 16 heavy (non-hydrogen) atoms. The van der Waals surface area contributed by atoms with Crippen molar-refractivity contribution >= 4 is 17.3 Å². The Morgan fingerprint density at radius 3 is 2.56 bits per heavy atom. The molecule has 0 radical (unpaired) electrons. The van der Waals surface area contributed by atoms with Crippen molar-refractivity contribution in [3.63, 3.8) is 0 Å². The summed E-state index contributed by atoms with van der Waals surface area (Å²) in [5, 5.41) is 0. The fraction of sp³-hybridized carbons (Fsp3) is 0.333. The first-order chi connectivity index (χ1) is 7.33. The zero-order chi connectivity index (χ0) is 12.3. The van der Waals surface area contributed by atoms with E-state index in [4.69, 9.17) is 17.0 Å². The molecule has 0 amide bonds. The SMILES string of the molecule is [C-]#[N+]c1ccc(N)c(C(=O)OC(C)(C)C)c1. The van der Waals surface area contributed by atoms with Crippen LogP contribution in [0.5, 0.6) is 0 Å². The summed E-state index contributed by atoms with van der Waals surface area (Å²) in [6, 6.07) is 4.54. The van der Waals surface area contributed by atoms with Gasteiger partial charge in [-0.2, -0.15) is 0 Å². The zero-order valence-electron chi connectivity index (χ0n) is 9.57. The van der Waals surface area contributed by atoms with E-state index < -0.39 is 11.6 Å². The molecular formula is C12H14N2O2. The van der Waals surface area contributed by atoms with Crippen LogP contribution in [-0.2, 0) is 4.74 Å². The lowest BCUT2D eigenvalue weighted by molar-refractivity contribution is 0.00709. The maximum atomic E-state index is 11.7. The Labute approximate surface area is 94.8 Å². The normalized spacial score (nSPS) is 10.6. The predicted molar refractivity (Wildman–Crippen MR) is 62.3 cm³/mol. The maximum absolute atomic E-state index is 11.7. The van der Waals surface area contributed by atoms with E-state index in [-0.39, 0.29) is 5.56 Å². The second kappa shape index (κ2) is 4.23. The molecule has 0 aromatic heterocycles. The third kappa shape index (κ3) is 2.99. The van der Waals surface area contributed by atoms with Gasteiger partial charge >= 0.3 is 5.97 Å². The highest BCUT2D eigenvalue weighted by Crippen LogP contribution is 2.22. The van der Waals surface area contributed by atoms with Crippen LogP contribution < -0.4 is 5.73 Å². The lowest BCUT2D eigenvalue weighted by Gasteiger charge is -2.20. The molecule has 4 heteroatoms. The molecule has 0 spiro atoms. The molecule has 0 aliphatic carbocycles. The van der Waals surface area contributed by atoms with Crippen LogP contribution in [0.1, 0.15) is 31.1 Å². The zero-order valence-corrected chi connectivity index (χ0v) is 9.57. The summed E-state index contributed by atoms with van der Waals surface area (Å²) in [5.41, 5.74) is 6.02. The molecule has 0 saturated carbocycles. The maximum Gasteiger partial charge on any atom is 0.339 e. The summed E-state index contributed by atoms with van der Waals surface area (Å²) >= 11 is 0. The minimum atomic E-state index is -0.572. The summed E-state index contributed by atoms with van der Waals surface area (Å²) in [6.45, 7) is 12.2. The van der Waals surface area contributed by atoms with Crippen molar-refractivity contribution in [2.75, 3.05) is 5.73 Å². The van der Waals surface area contributed by atoms with Gasteiger partial charge in [-0.25, -0.2) is 9.64 Å². The third-order valence-electron chi connectivity index (χ3n) is 1.78. The van der Waals surface area contributed by atoms with Crippen LogP contribution in [0.2, 0.25) is 0 Å². The molecule has 1 aromatic carbocycles. The highest BCUT2D eigenvalue weighted by atomic mass is 16.6. The lowest BCUT2D eigenvalue weighted by Crippen LogP contribution is -2.24. The fourth-order valence-electron chi connectivity index (χ4n) is 1.12. The van der Waals surface area contributed by atoms with Crippen molar-refractivity contribution < 1.29 is 9.53 Å². The molecule has 0 saturated heterocycles. The second-order valence-corrected chi connectivity index (χ2v) is 4.39. The third-order valence-corrected chi connectivity index (χ3v) is 1.78. The fourth-order valence-corrected chi connectivity index (χ4v) is 1.12. The number of carbonyl (C=O) groups excluding carboxylic acids is 1. The van der Waals surface area contributed by atoms with Crippen molar-refractivity contribution in [3.8, 4) is 0 Å². The van der Waals surface area contributed by atoms with E-state index >= 15 is 0 Å². The highest BCUT2D eigenvalue weighted by molar-refractivity contribution is 5.96. The average molecular weight is 218 g/mol. The van der Waals surface area contributed by atoms with Gasteiger partial charge in [0.05, 0.1) is 12.1 Å². The summed E-state index contributed by atoms with van der Waals surface area (Å²) in [7, 11) is 0. The first-order valence-corrected chi connectivity index (χ1v) is 4.84. The standard InChI is InChI=1S/C12H14N2O2/c1-12(2,3)16-11(15)9-7-8(14-4)5-6-10(9)13/h5-7H,13H2,1-3H3. The molecule has 84 valence electrons. The number of anilines is 1. The Balaban J connectivity index is 3.04. The number of carbonyl (C=O) groups is 1. The van der Waals surface area contributed by atoms with Gasteiger partial charge in [0, 0.05) is 5.69 Å². The first-order valence-electron chi connectivity index (χ1n) is 4.84. The molecule has 0 heterocycles. The van der Waals surface area contributed by atoms with Gasteiger partial charge in [-0.15, -0.1) is 0 Å². The number of ether oxygens (including phenoxy) is 1. The molecule has 0 bridgehead atoms. The van der Waals surface area contributed by atoms with E-state index in [1.54, 1.807) is 26.8 Å². The molecule has 4 nitrogen and oxygen atoms in total. The van der Waals surface area contributed by atoms with E-state index in [2.05, 4.69) is 4.85 Å². The van der Waals surface area contributed by atoms with E-state index in [9.17, 15) is 4.79 Å². The van der Waals surface area contributed by atoms with Gasteiger partial charge in [0.15, 0.2) is 5.69 Å². The number of hydrogen-bond acceptors (Lipinski definition) is 3. The number of nitrogen functional groups attached to an aromatic ring is 1. The smallest absolute Gasteiger partial charge is 0.339 e. The molecule has 0 aliphatic heterocycles. The molecule has 1 rings (SSSR count). The second-order valence-electron chi connectivity index (χ2n) is 4.39. The largest absolute Gasteiger partial charge is 0.456 e. The molecule has 0 aliphatic rings. The van der Waals surface area contributed by atoms with Gasteiger partial charge in [-0.05, 0) is 32.9 Å². The summed E-state index contributed by atoms with van der Waals surface area (Å²) < 4.78 is 5.18. The minimum absolute atomic E-state index is 0.239. The van der Waals surface area contributed by atoms with E-state index in [0.29, 0.717) is 11.4 Å². The molecular weight excluding hydrogens is 204 g/mol. The first kappa shape index (κ1) is 12.1. The summed E-state index contributed by atoms with van der Waals surface area (Å²) in [4.78, 5) is 15.0. The number of nitrogens with two attached hydrogens (primary N) is 1. The van der Waals surface area contributed by atoms with Crippen LogP contribution >= 0.6 is 0 Å². The average Bonchev–Trinajstić information content (AvgIpc) is 2.15. The molecule has 0 fully saturated rings. The van der Waals surface area contributed by atoms with Gasteiger partial charge in [0.1, 0.15) is 5.60 Å². The minimum Gasteiger partial charge on any atom is -0.456 e. The van der Waals surface area contributed by atoms with Crippen molar-refractivity contribution in [1.82, 2.24) is 0 Å². The Hall–Kier alpha value is -2.02. The topological polar surface area (TPSA) is 56.7 Å². The predicted octanol–water partition coefficient (Wildman–Crippen LogP) is 2.77.